The van der Waals surface area contributed by atoms with Crippen molar-refractivity contribution >= 4 is 12.4 Å². The molecular weight excluding hydrogens is 334 g/mol. The fourth-order valence-corrected chi connectivity index (χ4v) is 2.72. The number of benzene rings is 1. The average Bonchev–Trinajstić information content (AvgIpc) is 2.34. The van der Waals surface area contributed by atoms with Gasteiger partial charge in [0.05, 0.1) is 6.10 Å². The standard InChI is InChI=1S/C21H37NO2.ClH/c1-19(2,3)14-10-13(11-15(18(14)24)20(4,5)6)16(23)12-17(22)21(7,8)9;/h10-11,16-17,23-24H,12,22H2,1-9H3;1H/t16-,17-;/m1./s1. The van der Waals surface area contributed by atoms with E-state index < -0.39 is 6.10 Å². The molecule has 146 valence electrons. The van der Waals surface area contributed by atoms with E-state index in [2.05, 4.69) is 62.3 Å². The maximum absolute atomic E-state index is 10.8. The molecule has 0 aliphatic carbocycles. The Bertz CT molecular complexity index is 542. The lowest BCUT2D eigenvalue weighted by Crippen LogP contribution is -2.36. The highest BCUT2D eigenvalue weighted by Gasteiger charge is 2.29. The SMILES string of the molecule is CC(C)(C)c1cc([C@H](O)C[C@@H](N)C(C)(C)C)cc(C(C)(C)C)c1O.Cl. The summed E-state index contributed by atoms with van der Waals surface area (Å²) in [7, 11) is 0. The third-order valence-electron chi connectivity index (χ3n) is 4.72. The van der Waals surface area contributed by atoms with Crippen LogP contribution in [-0.2, 0) is 10.8 Å². The Morgan fingerprint density at radius 3 is 1.52 bits per heavy atom. The highest BCUT2D eigenvalue weighted by atomic mass is 35.5. The fourth-order valence-electron chi connectivity index (χ4n) is 2.72. The number of nitrogens with two attached hydrogens (primary N) is 1. The third-order valence-corrected chi connectivity index (χ3v) is 4.72. The van der Waals surface area contributed by atoms with Gasteiger partial charge in [0.2, 0.25) is 0 Å². The summed E-state index contributed by atoms with van der Waals surface area (Å²) in [5.74, 6) is 0.339. The van der Waals surface area contributed by atoms with Crippen molar-refractivity contribution in [1.29, 1.82) is 0 Å². The van der Waals surface area contributed by atoms with Gasteiger partial charge in [-0.15, -0.1) is 12.4 Å². The summed E-state index contributed by atoms with van der Waals surface area (Å²) >= 11 is 0. The fraction of sp³-hybridized carbons (Fsp3) is 0.714. The number of phenolic OH excluding ortho intramolecular Hbond substituents is 1. The molecule has 0 spiro atoms. The van der Waals surface area contributed by atoms with Crippen LogP contribution in [0.5, 0.6) is 5.75 Å². The molecule has 0 fully saturated rings. The van der Waals surface area contributed by atoms with Gasteiger partial charge in [0.15, 0.2) is 0 Å². The van der Waals surface area contributed by atoms with Crippen LogP contribution in [0.25, 0.3) is 0 Å². The van der Waals surface area contributed by atoms with Gasteiger partial charge in [-0.25, -0.2) is 0 Å². The van der Waals surface area contributed by atoms with E-state index in [1.54, 1.807) is 0 Å². The monoisotopic (exact) mass is 371 g/mol. The predicted octanol–water partition coefficient (Wildman–Crippen LogP) is 5.21. The number of aliphatic hydroxyl groups is 1. The van der Waals surface area contributed by atoms with Gasteiger partial charge in [-0.3, -0.25) is 0 Å². The largest absolute Gasteiger partial charge is 0.507 e. The first-order chi connectivity index (χ1) is 10.5. The number of halogens is 1. The van der Waals surface area contributed by atoms with Crippen LogP contribution in [0.3, 0.4) is 0 Å². The van der Waals surface area contributed by atoms with Gasteiger partial charge in [0, 0.05) is 6.04 Å². The molecule has 0 aliphatic heterocycles. The molecule has 3 nitrogen and oxygen atoms in total. The second-order valence-electron chi connectivity index (χ2n) is 10.2. The second kappa shape index (κ2) is 7.85. The smallest absolute Gasteiger partial charge is 0.123 e. The number of phenols is 1. The zero-order chi connectivity index (χ0) is 19.1. The van der Waals surface area contributed by atoms with E-state index in [0.717, 1.165) is 16.7 Å². The van der Waals surface area contributed by atoms with Crippen molar-refractivity contribution in [2.45, 2.75) is 91.7 Å². The molecule has 0 aromatic heterocycles. The van der Waals surface area contributed by atoms with Crippen LogP contribution in [0.4, 0.5) is 0 Å². The van der Waals surface area contributed by atoms with Crippen molar-refractivity contribution in [3.63, 3.8) is 0 Å². The molecule has 0 unspecified atom stereocenters. The minimum atomic E-state index is -0.637. The van der Waals surface area contributed by atoms with E-state index in [-0.39, 0.29) is 34.7 Å². The van der Waals surface area contributed by atoms with Gasteiger partial charge in [0.1, 0.15) is 5.75 Å². The number of aromatic hydroxyl groups is 1. The van der Waals surface area contributed by atoms with Gasteiger partial charge in [0.25, 0.3) is 0 Å². The van der Waals surface area contributed by atoms with Crippen LogP contribution >= 0.6 is 12.4 Å². The molecule has 0 saturated heterocycles. The Labute approximate surface area is 160 Å². The Kier molecular flexibility index (Phi) is 7.61. The van der Waals surface area contributed by atoms with Crippen LogP contribution in [0.1, 0.15) is 91.5 Å². The first-order valence-electron chi connectivity index (χ1n) is 8.86. The Morgan fingerprint density at radius 1 is 0.880 bits per heavy atom. The van der Waals surface area contributed by atoms with Crippen molar-refractivity contribution in [3.05, 3.63) is 28.8 Å². The van der Waals surface area contributed by atoms with E-state index in [0.29, 0.717) is 12.2 Å². The van der Waals surface area contributed by atoms with E-state index in [1.165, 1.54) is 0 Å². The molecule has 4 N–H and O–H groups in total. The molecule has 0 amide bonds. The lowest BCUT2D eigenvalue weighted by molar-refractivity contribution is 0.133. The van der Waals surface area contributed by atoms with Crippen molar-refractivity contribution in [1.82, 2.24) is 0 Å². The molecule has 0 saturated carbocycles. The van der Waals surface area contributed by atoms with Gasteiger partial charge in [-0.05, 0) is 51.5 Å². The number of hydrogen-bond acceptors (Lipinski definition) is 3. The quantitative estimate of drug-likeness (QED) is 0.683. The molecule has 1 aromatic rings. The van der Waals surface area contributed by atoms with Crippen molar-refractivity contribution in [2.75, 3.05) is 0 Å². The molecule has 1 aromatic carbocycles. The predicted molar refractivity (Wildman–Crippen MR) is 110 cm³/mol. The molecule has 0 aliphatic rings. The lowest BCUT2D eigenvalue weighted by Gasteiger charge is -2.31. The van der Waals surface area contributed by atoms with Crippen molar-refractivity contribution in [2.24, 2.45) is 11.1 Å². The first kappa shape index (κ1) is 24.2. The minimum absolute atomic E-state index is 0. The van der Waals surface area contributed by atoms with E-state index in [1.807, 2.05) is 12.1 Å². The van der Waals surface area contributed by atoms with Crippen LogP contribution in [0.15, 0.2) is 12.1 Å². The molecule has 4 heteroatoms. The topological polar surface area (TPSA) is 66.5 Å². The Hall–Kier alpha value is -0.770. The minimum Gasteiger partial charge on any atom is -0.507 e. The summed E-state index contributed by atoms with van der Waals surface area (Å²) in [6, 6.07) is 3.77. The maximum Gasteiger partial charge on any atom is 0.123 e. The Balaban J connectivity index is 0.00000576. The Morgan fingerprint density at radius 2 is 1.24 bits per heavy atom. The normalized spacial score (nSPS) is 15.5. The molecule has 2 atom stereocenters. The zero-order valence-corrected chi connectivity index (χ0v) is 18.2. The summed E-state index contributed by atoms with van der Waals surface area (Å²) < 4.78 is 0. The first-order valence-corrected chi connectivity index (χ1v) is 8.86. The van der Waals surface area contributed by atoms with Crippen LogP contribution in [-0.4, -0.2) is 16.3 Å². The van der Waals surface area contributed by atoms with E-state index in [4.69, 9.17) is 5.73 Å². The number of hydrogen-bond donors (Lipinski definition) is 3. The molecule has 0 bridgehead atoms. The highest BCUT2D eigenvalue weighted by Crippen LogP contribution is 2.41. The summed E-state index contributed by atoms with van der Waals surface area (Å²) in [5, 5.41) is 21.5. The highest BCUT2D eigenvalue weighted by molar-refractivity contribution is 5.85. The third kappa shape index (κ3) is 6.16. The molecule has 0 heterocycles. The zero-order valence-electron chi connectivity index (χ0n) is 17.4. The van der Waals surface area contributed by atoms with Gasteiger partial charge >= 0.3 is 0 Å². The van der Waals surface area contributed by atoms with Gasteiger partial charge in [-0.2, -0.15) is 0 Å². The summed E-state index contributed by atoms with van der Waals surface area (Å²) in [6.45, 7) is 18.7. The summed E-state index contributed by atoms with van der Waals surface area (Å²) in [4.78, 5) is 0. The summed E-state index contributed by atoms with van der Waals surface area (Å²) in [5.41, 5.74) is 8.37. The molecule has 1 rings (SSSR count). The molecular formula is C21H38ClNO2. The molecule has 0 radical (unpaired) electrons. The van der Waals surface area contributed by atoms with Crippen molar-refractivity contribution < 1.29 is 10.2 Å². The number of rotatable bonds is 3. The van der Waals surface area contributed by atoms with Gasteiger partial charge < -0.3 is 15.9 Å². The summed E-state index contributed by atoms with van der Waals surface area (Å²) in [6.07, 6.45) is -0.136. The van der Waals surface area contributed by atoms with Crippen LogP contribution in [0, 0.1) is 5.41 Å². The number of aliphatic hydroxyl groups excluding tert-OH is 1. The molecule has 25 heavy (non-hydrogen) atoms. The van der Waals surface area contributed by atoms with E-state index >= 15 is 0 Å². The van der Waals surface area contributed by atoms with Crippen molar-refractivity contribution in [3.8, 4) is 5.75 Å². The van der Waals surface area contributed by atoms with Crippen LogP contribution in [0.2, 0.25) is 0 Å². The van der Waals surface area contributed by atoms with Crippen LogP contribution < -0.4 is 5.73 Å². The lowest BCUT2D eigenvalue weighted by atomic mass is 9.77. The maximum atomic E-state index is 10.8. The average molecular weight is 372 g/mol. The van der Waals surface area contributed by atoms with E-state index in [9.17, 15) is 10.2 Å². The van der Waals surface area contributed by atoms with Gasteiger partial charge in [-0.1, -0.05) is 62.3 Å². The second-order valence-corrected chi connectivity index (χ2v) is 10.2.